The summed E-state index contributed by atoms with van der Waals surface area (Å²) in [6, 6.07) is 4.26. The molecule has 0 aliphatic carbocycles. The number of halogens is 2. The molecule has 1 aromatic carbocycles. The van der Waals surface area contributed by atoms with E-state index in [0.717, 1.165) is 6.42 Å². The van der Waals surface area contributed by atoms with E-state index in [1.165, 1.54) is 12.1 Å². The Morgan fingerprint density at radius 2 is 2.07 bits per heavy atom. The number of fused-ring (bicyclic) bond motifs is 1. The largest absolute Gasteiger partial charge is 0.331 e. The fourth-order valence-electron chi connectivity index (χ4n) is 1.68. The lowest BCUT2D eigenvalue weighted by atomic mass is 10.1. The van der Waals surface area contributed by atoms with Gasteiger partial charge in [-0.3, -0.25) is 0 Å². The molecule has 0 bridgehead atoms. The molecule has 14 heavy (non-hydrogen) atoms. The van der Waals surface area contributed by atoms with Crippen LogP contribution < -0.4 is 0 Å². The molecule has 0 amide bonds. The molecule has 2 rings (SSSR count). The van der Waals surface area contributed by atoms with Gasteiger partial charge in [0.1, 0.15) is 5.82 Å². The standard InChI is InChI=1S/C11H11F2N/c1-2-3-8-9-6-7(12)4-5-10(9)14-11(8)13/h4-6,14H,2-3H2,1H3. The molecule has 0 aliphatic heterocycles. The number of benzene rings is 1. The van der Waals surface area contributed by atoms with Crippen LogP contribution in [0.25, 0.3) is 10.9 Å². The number of aromatic nitrogens is 1. The predicted octanol–water partition coefficient (Wildman–Crippen LogP) is 3.40. The summed E-state index contributed by atoms with van der Waals surface area (Å²) < 4.78 is 26.3. The number of hydrogen-bond donors (Lipinski definition) is 1. The van der Waals surface area contributed by atoms with Gasteiger partial charge in [-0.15, -0.1) is 0 Å². The van der Waals surface area contributed by atoms with Gasteiger partial charge in [0.15, 0.2) is 5.95 Å². The normalized spacial score (nSPS) is 11.1. The van der Waals surface area contributed by atoms with E-state index in [1.807, 2.05) is 6.92 Å². The lowest BCUT2D eigenvalue weighted by molar-refractivity contribution is 0.578. The fraction of sp³-hybridized carbons (Fsp3) is 0.273. The Hall–Kier alpha value is -1.38. The number of nitrogens with one attached hydrogen (secondary N) is 1. The SMILES string of the molecule is CCCc1c(F)[nH]c2ccc(F)cc12. The van der Waals surface area contributed by atoms with Crippen LogP contribution >= 0.6 is 0 Å². The zero-order valence-corrected chi connectivity index (χ0v) is 7.90. The van der Waals surface area contributed by atoms with E-state index in [1.54, 1.807) is 6.07 Å². The first-order valence-electron chi connectivity index (χ1n) is 4.68. The highest BCUT2D eigenvalue weighted by Crippen LogP contribution is 2.23. The summed E-state index contributed by atoms with van der Waals surface area (Å²) in [5.74, 6) is -0.665. The second-order valence-corrected chi connectivity index (χ2v) is 3.36. The summed E-state index contributed by atoms with van der Waals surface area (Å²) in [6.07, 6.45) is 1.48. The van der Waals surface area contributed by atoms with Crippen molar-refractivity contribution < 1.29 is 8.78 Å². The third kappa shape index (κ3) is 1.39. The van der Waals surface area contributed by atoms with Crippen molar-refractivity contribution in [1.82, 2.24) is 4.98 Å². The molecule has 3 heteroatoms. The maximum atomic E-state index is 13.3. The second-order valence-electron chi connectivity index (χ2n) is 3.36. The van der Waals surface area contributed by atoms with Gasteiger partial charge in [-0.25, -0.2) is 4.39 Å². The van der Waals surface area contributed by atoms with Crippen molar-refractivity contribution in [3.63, 3.8) is 0 Å². The molecular formula is C11H11F2N. The Kier molecular flexibility index (Phi) is 2.23. The lowest BCUT2D eigenvalue weighted by Crippen LogP contribution is -1.85. The van der Waals surface area contributed by atoms with Crippen molar-refractivity contribution in [2.75, 3.05) is 0 Å². The maximum absolute atomic E-state index is 13.3. The summed E-state index contributed by atoms with van der Waals surface area (Å²) in [4.78, 5) is 2.61. The summed E-state index contributed by atoms with van der Waals surface area (Å²) >= 11 is 0. The van der Waals surface area contributed by atoms with Crippen LogP contribution in [-0.2, 0) is 6.42 Å². The molecule has 1 heterocycles. The summed E-state index contributed by atoms with van der Waals surface area (Å²) in [6.45, 7) is 1.97. The molecule has 1 N–H and O–H groups in total. The fourth-order valence-corrected chi connectivity index (χ4v) is 1.68. The quantitative estimate of drug-likeness (QED) is 0.755. The van der Waals surface area contributed by atoms with Gasteiger partial charge < -0.3 is 4.98 Å². The van der Waals surface area contributed by atoms with Crippen molar-refractivity contribution in [3.8, 4) is 0 Å². The zero-order chi connectivity index (χ0) is 10.1. The van der Waals surface area contributed by atoms with E-state index < -0.39 is 0 Å². The van der Waals surface area contributed by atoms with Crippen molar-refractivity contribution in [2.45, 2.75) is 19.8 Å². The van der Waals surface area contributed by atoms with Crippen LogP contribution in [0.2, 0.25) is 0 Å². The molecule has 0 aliphatic rings. The third-order valence-corrected chi connectivity index (χ3v) is 2.32. The number of aryl methyl sites for hydroxylation is 1. The molecule has 1 nitrogen and oxygen atoms in total. The highest BCUT2D eigenvalue weighted by atomic mass is 19.1. The molecule has 0 spiro atoms. The molecule has 0 atom stereocenters. The average molecular weight is 195 g/mol. The van der Waals surface area contributed by atoms with Gasteiger partial charge in [0.05, 0.1) is 0 Å². The van der Waals surface area contributed by atoms with Crippen LogP contribution in [0.4, 0.5) is 8.78 Å². The summed E-state index contributed by atoms with van der Waals surface area (Å²) in [7, 11) is 0. The minimum Gasteiger partial charge on any atom is -0.331 e. The van der Waals surface area contributed by atoms with E-state index in [2.05, 4.69) is 4.98 Å². The van der Waals surface area contributed by atoms with Crippen LogP contribution in [0.3, 0.4) is 0 Å². The Morgan fingerprint density at radius 1 is 1.29 bits per heavy atom. The molecule has 1 aromatic heterocycles. The van der Waals surface area contributed by atoms with Gasteiger partial charge in [0, 0.05) is 16.5 Å². The van der Waals surface area contributed by atoms with Gasteiger partial charge in [-0.05, 0) is 24.6 Å². The van der Waals surface area contributed by atoms with E-state index in [-0.39, 0.29) is 11.8 Å². The van der Waals surface area contributed by atoms with Crippen LogP contribution in [0.1, 0.15) is 18.9 Å². The van der Waals surface area contributed by atoms with Gasteiger partial charge in [-0.1, -0.05) is 13.3 Å². The van der Waals surface area contributed by atoms with Gasteiger partial charge in [0.2, 0.25) is 0 Å². The highest BCUT2D eigenvalue weighted by Gasteiger charge is 2.10. The first-order chi connectivity index (χ1) is 6.72. The van der Waals surface area contributed by atoms with E-state index in [4.69, 9.17) is 0 Å². The van der Waals surface area contributed by atoms with E-state index >= 15 is 0 Å². The van der Waals surface area contributed by atoms with Gasteiger partial charge >= 0.3 is 0 Å². The minimum absolute atomic E-state index is 0.325. The summed E-state index contributed by atoms with van der Waals surface area (Å²) in [5.41, 5.74) is 1.24. The molecule has 2 aromatic rings. The number of aromatic amines is 1. The van der Waals surface area contributed by atoms with Crippen LogP contribution in [-0.4, -0.2) is 4.98 Å². The topological polar surface area (TPSA) is 15.8 Å². The predicted molar refractivity (Wildman–Crippen MR) is 52.2 cm³/mol. The van der Waals surface area contributed by atoms with Crippen molar-refractivity contribution in [2.24, 2.45) is 0 Å². The average Bonchev–Trinajstić information content (AvgIpc) is 2.45. The van der Waals surface area contributed by atoms with Crippen molar-refractivity contribution >= 4 is 10.9 Å². The Bertz CT molecular complexity index is 460. The van der Waals surface area contributed by atoms with E-state index in [9.17, 15) is 8.78 Å². The van der Waals surface area contributed by atoms with Crippen molar-refractivity contribution in [1.29, 1.82) is 0 Å². The Labute approximate surface area is 80.7 Å². The molecule has 74 valence electrons. The first-order valence-corrected chi connectivity index (χ1v) is 4.68. The van der Waals surface area contributed by atoms with Gasteiger partial charge in [-0.2, -0.15) is 4.39 Å². The van der Waals surface area contributed by atoms with Crippen LogP contribution in [0.5, 0.6) is 0 Å². The molecule has 0 unspecified atom stereocenters. The Balaban J connectivity index is 2.66. The smallest absolute Gasteiger partial charge is 0.195 e. The molecule has 0 saturated carbocycles. The lowest BCUT2D eigenvalue weighted by Gasteiger charge is -1.95. The van der Waals surface area contributed by atoms with Gasteiger partial charge in [0.25, 0.3) is 0 Å². The third-order valence-electron chi connectivity index (χ3n) is 2.32. The van der Waals surface area contributed by atoms with E-state index in [0.29, 0.717) is 22.9 Å². The van der Waals surface area contributed by atoms with Crippen molar-refractivity contribution in [3.05, 3.63) is 35.5 Å². The minimum atomic E-state index is -0.340. The molecule has 0 saturated heterocycles. The molecule has 0 fully saturated rings. The Morgan fingerprint density at radius 3 is 2.79 bits per heavy atom. The molecular weight excluding hydrogens is 184 g/mol. The molecule has 0 radical (unpaired) electrons. The zero-order valence-electron chi connectivity index (χ0n) is 7.90. The van der Waals surface area contributed by atoms with Crippen LogP contribution in [0, 0.1) is 11.8 Å². The highest BCUT2D eigenvalue weighted by molar-refractivity contribution is 5.83. The number of H-pyrrole nitrogens is 1. The second kappa shape index (κ2) is 3.40. The monoisotopic (exact) mass is 195 g/mol. The van der Waals surface area contributed by atoms with Crippen LogP contribution in [0.15, 0.2) is 18.2 Å². The maximum Gasteiger partial charge on any atom is 0.195 e. The number of rotatable bonds is 2. The number of hydrogen-bond acceptors (Lipinski definition) is 0. The summed E-state index contributed by atoms with van der Waals surface area (Å²) in [5, 5.41) is 0.657. The first kappa shape index (κ1) is 9.19.